The summed E-state index contributed by atoms with van der Waals surface area (Å²) in [7, 11) is 0. The molecular weight excluding hydrogens is 302 g/mol. The molecule has 0 fully saturated rings. The van der Waals surface area contributed by atoms with E-state index in [0.29, 0.717) is 11.5 Å². The number of nitrogens with zero attached hydrogens (tertiary/aromatic N) is 6. The maximum Gasteiger partial charge on any atom is 0.183 e. The molecule has 0 unspecified atom stereocenters. The smallest absolute Gasteiger partial charge is 0.183 e. The Morgan fingerprint density at radius 3 is 2.83 bits per heavy atom. The first-order valence-corrected chi connectivity index (χ1v) is 7.17. The van der Waals surface area contributed by atoms with Gasteiger partial charge in [-0.3, -0.25) is 9.55 Å². The molecule has 3 aromatic heterocycles. The van der Waals surface area contributed by atoms with Gasteiger partial charge in [0.25, 0.3) is 0 Å². The van der Waals surface area contributed by atoms with Gasteiger partial charge in [0.05, 0.1) is 5.52 Å². The molecule has 0 aliphatic rings. The molecule has 4 aromatic rings. The van der Waals surface area contributed by atoms with Crippen molar-refractivity contribution in [3.8, 4) is 23.1 Å². The Labute approximate surface area is 137 Å². The van der Waals surface area contributed by atoms with Gasteiger partial charge in [0.15, 0.2) is 17.3 Å². The summed E-state index contributed by atoms with van der Waals surface area (Å²) >= 11 is 0. The standard InChI is InChI=1S/C17H11N7/c18-9-14-16(19)23-17(24-7-6-20-10-24)15(22-14)12-3-4-13-11(8-12)2-1-5-21-13/h1-8,10H,(H2,19,23). The third-order valence-corrected chi connectivity index (χ3v) is 3.64. The minimum atomic E-state index is 0.0902. The number of rotatable bonds is 2. The average Bonchev–Trinajstić information content (AvgIpc) is 3.15. The van der Waals surface area contributed by atoms with Crippen molar-refractivity contribution in [2.75, 3.05) is 5.73 Å². The van der Waals surface area contributed by atoms with E-state index in [4.69, 9.17) is 5.73 Å². The van der Waals surface area contributed by atoms with E-state index in [1.54, 1.807) is 29.5 Å². The lowest BCUT2D eigenvalue weighted by molar-refractivity contribution is 0.975. The van der Waals surface area contributed by atoms with Crippen molar-refractivity contribution in [1.29, 1.82) is 5.26 Å². The van der Waals surface area contributed by atoms with Gasteiger partial charge in [-0.15, -0.1) is 0 Å². The van der Waals surface area contributed by atoms with Crippen molar-refractivity contribution >= 4 is 16.7 Å². The highest BCUT2D eigenvalue weighted by Crippen LogP contribution is 2.27. The van der Waals surface area contributed by atoms with Gasteiger partial charge in [-0.05, 0) is 18.2 Å². The number of benzene rings is 1. The normalized spacial score (nSPS) is 10.6. The first-order chi connectivity index (χ1) is 11.8. The number of nitriles is 1. The third kappa shape index (κ3) is 2.23. The highest BCUT2D eigenvalue weighted by molar-refractivity contribution is 5.85. The Morgan fingerprint density at radius 1 is 1.12 bits per heavy atom. The molecular formula is C17H11N7. The van der Waals surface area contributed by atoms with Crippen LogP contribution in [0, 0.1) is 11.3 Å². The van der Waals surface area contributed by atoms with E-state index in [1.165, 1.54) is 0 Å². The maximum atomic E-state index is 9.22. The van der Waals surface area contributed by atoms with Crippen molar-refractivity contribution in [2.24, 2.45) is 0 Å². The van der Waals surface area contributed by atoms with E-state index < -0.39 is 0 Å². The van der Waals surface area contributed by atoms with E-state index in [-0.39, 0.29) is 11.5 Å². The molecule has 114 valence electrons. The summed E-state index contributed by atoms with van der Waals surface area (Å²) in [6.07, 6.45) is 6.75. The Morgan fingerprint density at radius 2 is 2.04 bits per heavy atom. The molecule has 24 heavy (non-hydrogen) atoms. The van der Waals surface area contributed by atoms with E-state index in [1.807, 2.05) is 36.4 Å². The third-order valence-electron chi connectivity index (χ3n) is 3.64. The Kier molecular flexibility index (Phi) is 3.14. The van der Waals surface area contributed by atoms with Crippen LogP contribution < -0.4 is 5.73 Å². The fraction of sp³-hybridized carbons (Fsp3) is 0. The van der Waals surface area contributed by atoms with Crippen LogP contribution in [0.25, 0.3) is 28.0 Å². The summed E-state index contributed by atoms with van der Waals surface area (Å²) in [5, 5.41) is 10.2. The van der Waals surface area contributed by atoms with Gasteiger partial charge >= 0.3 is 0 Å². The zero-order chi connectivity index (χ0) is 16.5. The quantitative estimate of drug-likeness (QED) is 0.608. The van der Waals surface area contributed by atoms with E-state index >= 15 is 0 Å². The molecule has 0 bridgehead atoms. The first-order valence-electron chi connectivity index (χ1n) is 7.17. The number of aromatic nitrogens is 5. The number of hydrogen-bond donors (Lipinski definition) is 1. The highest BCUT2D eigenvalue weighted by atomic mass is 15.1. The van der Waals surface area contributed by atoms with Crippen molar-refractivity contribution in [1.82, 2.24) is 24.5 Å². The van der Waals surface area contributed by atoms with Crippen LogP contribution >= 0.6 is 0 Å². The lowest BCUT2D eigenvalue weighted by atomic mass is 10.1. The van der Waals surface area contributed by atoms with Crippen LogP contribution in [0.3, 0.4) is 0 Å². The number of imidazole rings is 1. The van der Waals surface area contributed by atoms with Crippen molar-refractivity contribution < 1.29 is 0 Å². The van der Waals surface area contributed by atoms with E-state index in [2.05, 4.69) is 19.9 Å². The molecule has 0 aliphatic carbocycles. The molecule has 0 saturated carbocycles. The van der Waals surface area contributed by atoms with Crippen LogP contribution in [-0.4, -0.2) is 24.5 Å². The zero-order valence-electron chi connectivity index (χ0n) is 12.5. The van der Waals surface area contributed by atoms with Crippen LogP contribution in [-0.2, 0) is 0 Å². The van der Waals surface area contributed by atoms with Crippen molar-refractivity contribution in [3.05, 3.63) is 60.9 Å². The monoisotopic (exact) mass is 313 g/mol. The minimum absolute atomic E-state index is 0.0902. The van der Waals surface area contributed by atoms with Crippen LogP contribution in [0.1, 0.15) is 5.69 Å². The van der Waals surface area contributed by atoms with Gasteiger partial charge in [0.1, 0.15) is 18.1 Å². The molecule has 7 nitrogen and oxygen atoms in total. The molecule has 7 heteroatoms. The van der Waals surface area contributed by atoms with Crippen LogP contribution in [0.2, 0.25) is 0 Å². The topological polar surface area (TPSA) is 106 Å². The second-order valence-electron chi connectivity index (χ2n) is 5.12. The SMILES string of the molecule is N#Cc1nc(-c2ccc3ncccc3c2)c(-n2ccnc2)nc1N. The lowest BCUT2D eigenvalue weighted by Crippen LogP contribution is -2.07. The minimum Gasteiger partial charge on any atom is -0.381 e. The Bertz CT molecular complexity index is 1080. The fourth-order valence-electron chi connectivity index (χ4n) is 2.50. The van der Waals surface area contributed by atoms with Crippen LogP contribution in [0.4, 0.5) is 5.82 Å². The summed E-state index contributed by atoms with van der Waals surface area (Å²) in [4.78, 5) is 17.1. The van der Waals surface area contributed by atoms with Gasteiger partial charge in [0, 0.05) is 29.5 Å². The number of fused-ring (bicyclic) bond motifs is 1. The summed E-state index contributed by atoms with van der Waals surface area (Å²) < 4.78 is 1.72. The first kappa shape index (κ1) is 13.8. The van der Waals surface area contributed by atoms with Crippen LogP contribution in [0.5, 0.6) is 0 Å². The van der Waals surface area contributed by atoms with Gasteiger partial charge in [-0.25, -0.2) is 15.0 Å². The predicted octanol–water partition coefficient (Wildman–Crippen LogP) is 2.33. The largest absolute Gasteiger partial charge is 0.381 e. The molecule has 0 atom stereocenters. The number of anilines is 1. The van der Waals surface area contributed by atoms with Gasteiger partial charge in [-0.2, -0.15) is 5.26 Å². The molecule has 1 aromatic carbocycles. The van der Waals surface area contributed by atoms with E-state index in [9.17, 15) is 5.26 Å². The maximum absolute atomic E-state index is 9.22. The highest BCUT2D eigenvalue weighted by Gasteiger charge is 2.15. The van der Waals surface area contributed by atoms with Gasteiger partial charge in [0.2, 0.25) is 0 Å². The van der Waals surface area contributed by atoms with E-state index in [0.717, 1.165) is 16.5 Å². The summed E-state index contributed by atoms with van der Waals surface area (Å²) in [5.41, 5.74) is 8.20. The number of nitrogens with two attached hydrogens (primary N) is 1. The molecule has 0 radical (unpaired) electrons. The number of hydrogen-bond acceptors (Lipinski definition) is 6. The molecule has 0 spiro atoms. The zero-order valence-corrected chi connectivity index (χ0v) is 12.5. The van der Waals surface area contributed by atoms with Crippen LogP contribution in [0.15, 0.2) is 55.2 Å². The molecule has 2 N–H and O–H groups in total. The average molecular weight is 313 g/mol. The Hall–Kier alpha value is -3.79. The number of nitrogen functional groups attached to an aromatic ring is 1. The molecule has 0 amide bonds. The summed E-state index contributed by atoms with van der Waals surface area (Å²) in [6.45, 7) is 0. The van der Waals surface area contributed by atoms with Crippen molar-refractivity contribution in [3.63, 3.8) is 0 Å². The van der Waals surface area contributed by atoms with Crippen molar-refractivity contribution in [2.45, 2.75) is 0 Å². The summed E-state index contributed by atoms with van der Waals surface area (Å²) in [6, 6.07) is 11.6. The van der Waals surface area contributed by atoms with Gasteiger partial charge < -0.3 is 5.73 Å². The molecule has 3 heterocycles. The second kappa shape index (κ2) is 5.44. The Balaban J connectivity index is 2.00. The van der Waals surface area contributed by atoms with Gasteiger partial charge in [-0.1, -0.05) is 12.1 Å². The lowest BCUT2D eigenvalue weighted by Gasteiger charge is -2.11. The summed E-state index contributed by atoms with van der Waals surface area (Å²) in [5.74, 6) is 0.611. The second-order valence-corrected chi connectivity index (χ2v) is 5.12. The molecule has 0 aliphatic heterocycles. The number of pyridine rings is 1. The fourth-order valence-corrected chi connectivity index (χ4v) is 2.50. The predicted molar refractivity (Wildman–Crippen MR) is 89.0 cm³/mol. The molecule has 0 saturated heterocycles. The molecule has 4 rings (SSSR count).